The highest BCUT2D eigenvalue weighted by Gasteiger charge is 2.28. The molecule has 0 amide bonds. The third-order valence-electron chi connectivity index (χ3n) is 4.20. The van der Waals surface area contributed by atoms with E-state index in [1.54, 1.807) is 63.8 Å². The molecule has 3 aromatic rings. The third-order valence-corrected chi connectivity index (χ3v) is 5.85. The first kappa shape index (κ1) is 18.0. The predicted octanol–water partition coefficient (Wildman–Crippen LogP) is 2.81. The lowest BCUT2D eigenvalue weighted by Gasteiger charge is -2.10. The van der Waals surface area contributed by atoms with Crippen LogP contribution in [0.2, 0.25) is 0 Å². The number of nitrogens with one attached hydrogen (secondary N) is 1. The minimum absolute atomic E-state index is 0.196. The number of ether oxygens (including phenoxy) is 1. The van der Waals surface area contributed by atoms with Gasteiger partial charge in [0.2, 0.25) is 5.89 Å². The van der Waals surface area contributed by atoms with E-state index in [0.29, 0.717) is 34.3 Å². The molecule has 0 radical (unpaired) electrons. The first-order valence-corrected chi connectivity index (χ1v) is 9.36. The van der Waals surface area contributed by atoms with Gasteiger partial charge >= 0.3 is 0 Å². The van der Waals surface area contributed by atoms with Crippen LogP contribution in [0.25, 0.3) is 11.6 Å². The van der Waals surface area contributed by atoms with Gasteiger partial charge < -0.3 is 13.7 Å². The van der Waals surface area contributed by atoms with Crippen molar-refractivity contribution in [2.75, 3.05) is 11.8 Å². The van der Waals surface area contributed by atoms with E-state index < -0.39 is 10.0 Å². The molecule has 8 nitrogen and oxygen atoms in total. The van der Waals surface area contributed by atoms with E-state index in [1.807, 2.05) is 0 Å². The van der Waals surface area contributed by atoms with Crippen LogP contribution in [0.3, 0.4) is 0 Å². The molecule has 3 rings (SSSR count). The molecule has 26 heavy (non-hydrogen) atoms. The quantitative estimate of drug-likeness (QED) is 0.735. The van der Waals surface area contributed by atoms with Gasteiger partial charge in [0.25, 0.3) is 15.9 Å². The Bertz CT molecular complexity index is 1050. The van der Waals surface area contributed by atoms with Gasteiger partial charge in [-0.25, -0.2) is 8.42 Å². The number of hydrogen-bond acceptors (Lipinski definition) is 6. The van der Waals surface area contributed by atoms with Gasteiger partial charge in [-0.2, -0.15) is 0 Å². The highest BCUT2D eigenvalue weighted by atomic mass is 32.2. The van der Waals surface area contributed by atoms with Gasteiger partial charge in [0.15, 0.2) is 0 Å². The highest BCUT2D eigenvalue weighted by Crippen LogP contribution is 2.33. The smallest absolute Gasteiger partial charge is 0.264 e. The molecule has 2 heterocycles. The minimum Gasteiger partial charge on any atom is -0.497 e. The van der Waals surface area contributed by atoms with Gasteiger partial charge in [0.1, 0.15) is 16.3 Å². The maximum Gasteiger partial charge on any atom is 0.264 e. The Morgan fingerprint density at radius 3 is 2.31 bits per heavy atom. The zero-order chi connectivity index (χ0) is 19.1. The van der Waals surface area contributed by atoms with E-state index in [9.17, 15) is 8.42 Å². The number of aromatic nitrogens is 3. The second-order valence-corrected chi connectivity index (χ2v) is 7.53. The summed E-state index contributed by atoms with van der Waals surface area (Å²) in [4.78, 5) is 0.196. The normalized spacial score (nSPS) is 11.6. The molecule has 9 heteroatoms. The van der Waals surface area contributed by atoms with Crippen molar-refractivity contribution in [3.8, 4) is 17.3 Å². The molecular weight excluding hydrogens is 356 g/mol. The van der Waals surface area contributed by atoms with Gasteiger partial charge in [-0.05, 0) is 38.1 Å². The second-order valence-electron chi connectivity index (χ2n) is 5.91. The second kappa shape index (κ2) is 6.49. The van der Waals surface area contributed by atoms with Gasteiger partial charge in [0.05, 0.1) is 7.11 Å². The molecule has 0 spiro atoms. The zero-order valence-electron chi connectivity index (χ0n) is 15.2. The van der Waals surface area contributed by atoms with Gasteiger partial charge in [0, 0.05) is 30.9 Å². The van der Waals surface area contributed by atoms with Crippen LogP contribution >= 0.6 is 0 Å². The van der Waals surface area contributed by atoms with E-state index in [4.69, 9.17) is 9.15 Å². The zero-order valence-corrected chi connectivity index (χ0v) is 16.0. The lowest BCUT2D eigenvalue weighted by atomic mass is 10.2. The number of anilines is 1. The molecule has 0 saturated heterocycles. The van der Waals surface area contributed by atoms with Crippen molar-refractivity contribution in [1.29, 1.82) is 0 Å². The average molecular weight is 376 g/mol. The molecule has 2 aromatic heterocycles. The standard InChI is InChI=1S/C17H20N4O4S/c1-10-15(17-19-18-12(3)25-17)21(4)11(2)16(10)26(22,23)20-13-6-8-14(24-5)9-7-13/h6-9,20H,1-5H3. The summed E-state index contributed by atoms with van der Waals surface area (Å²) in [6.07, 6.45) is 0. The fourth-order valence-electron chi connectivity index (χ4n) is 2.91. The number of benzene rings is 1. The molecule has 0 unspecified atom stereocenters. The van der Waals surface area contributed by atoms with Crippen LogP contribution in [0.5, 0.6) is 5.75 Å². The van der Waals surface area contributed by atoms with E-state index in [2.05, 4.69) is 14.9 Å². The molecule has 138 valence electrons. The number of methoxy groups -OCH3 is 1. The maximum atomic E-state index is 13.0. The van der Waals surface area contributed by atoms with E-state index in [0.717, 1.165) is 0 Å². The third kappa shape index (κ3) is 3.05. The Labute approximate surface area is 151 Å². The van der Waals surface area contributed by atoms with Crippen molar-refractivity contribution < 1.29 is 17.6 Å². The minimum atomic E-state index is -3.80. The van der Waals surface area contributed by atoms with Gasteiger partial charge in [-0.15, -0.1) is 10.2 Å². The number of aryl methyl sites for hydroxylation is 1. The van der Waals surface area contributed by atoms with Crippen molar-refractivity contribution in [1.82, 2.24) is 14.8 Å². The van der Waals surface area contributed by atoms with Crippen LogP contribution in [0, 0.1) is 20.8 Å². The molecule has 0 aliphatic carbocycles. The number of hydrogen-bond donors (Lipinski definition) is 1. The van der Waals surface area contributed by atoms with Crippen molar-refractivity contribution >= 4 is 15.7 Å². The maximum absolute atomic E-state index is 13.0. The van der Waals surface area contributed by atoms with Crippen molar-refractivity contribution in [2.24, 2.45) is 7.05 Å². The summed E-state index contributed by atoms with van der Waals surface area (Å²) >= 11 is 0. The van der Waals surface area contributed by atoms with Crippen molar-refractivity contribution in [3.05, 3.63) is 41.4 Å². The predicted molar refractivity (Wildman–Crippen MR) is 96.7 cm³/mol. The SMILES string of the molecule is COc1ccc(NS(=O)(=O)c2c(C)c(-c3nnc(C)o3)n(C)c2C)cc1. The fraction of sp³-hybridized carbons (Fsp3) is 0.294. The molecule has 1 aromatic carbocycles. The Balaban J connectivity index is 2.04. The van der Waals surface area contributed by atoms with Crippen LogP contribution in [0.15, 0.2) is 33.6 Å². The molecule has 1 N–H and O–H groups in total. The molecule has 0 aliphatic heterocycles. The van der Waals surface area contributed by atoms with Crippen molar-refractivity contribution in [2.45, 2.75) is 25.7 Å². The van der Waals surface area contributed by atoms with Crippen molar-refractivity contribution in [3.63, 3.8) is 0 Å². The first-order chi connectivity index (χ1) is 12.2. The molecule has 0 bridgehead atoms. The Hall–Kier alpha value is -2.81. The summed E-state index contributed by atoms with van der Waals surface area (Å²) in [6.45, 7) is 5.15. The lowest BCUT2D eigenvalue weighted by molar-refractivity contribution is 0.415. The number of rotatable bonds is 5. The van der Waals surface area contributed by atoms with Crippen LogP contribution in [0.1, 0.15) is 17.1 Å². The molecule has 0 aliphatic rings. The van der Waals surface area contributed by atoms with Crippen LogP contribution < -0.4 is 9.46 Å². The average Bonchev–Trinajstić information content (AvgIpc) is 3.09. The first-order valence-electron chi connectivity index (χ1n) is 7.88. The van der Waals surface area contributed by atoms with Crippen LogP contribution in [-0.4, -0.2) is 30.3 Å². The van der Waals surface area contributed by atoms with E-state index in [1.165, 1.54) is 0 Å². The Morgan fingerprint density at radius 1 is 1.12 bits per heavy atom. The summed E-state index contributed by atoms with van der Waals surface area (Å²) in [5.74, 6) is 1.35. The monoisotopic (exact) mass is 376 g/mol. The molecule has 0 saturated carbocycles. The van der Waals surface area contributed by atoms with Gasteiger partial charge in [-0.1, -0.05) is 0 Å². The summed E-state index contributed by atoms with van der Waals surface area (Å²) in [5, 5.41) is 7.83. The Morgan fingerprint density at radius 2 is 1.77 bits per heavy atom. The van der Waals surface area contributed by atoms with Gasteiger partial charge in [-0.3, -0.25) is 4.72 Å². The molecular formula is C17H20N4O4S. The largest absolute Gasteiger partial charge is 0.497 e. The summed E-state index contributed by atoms with van der Waals surface area (Å²) in [7, 11) is -0.479. The lowest BCUT2D eigenvalue weighted by Crippen LogP contribution is -2.14. The van der Waals surface area contributed by atoms with E-state index in [-0.39, 0.29) is 10.8 Å². The Kier molecular flexibility index (Phi) is 4.49. The summed E-state index contributed by atoms with van der Waals surface area (Å²) < 4.78 is 40.9. The fourth-order valence-corrected chi connectivity index (χ4v) is 4.48. The number of sulfonamides is 1. The highest BCUT2D eigenvalue weighted by molar-refractivity contribution is 7.92. The molecule has 0 fully saturated rings. The number of nitrogens with zero attached hydrogens (tertiary/aromatic N) is 3. The topological polar surface area (TPSA) is 99.2 Å². The van der Waals surface area contributed by atoms with Crippen LogP contribution in [-0.2, 0) is 17.1 Å². The summed E-state index contributed by atoms with van der Waals surface area (Å²) in [6, 6.07) is 6.67. The molecule has 0 atom stereocenters. The van der Waals surface area contributed by atoms with E-state index >= 15 is 0 Å². The summed E-state index contributed by atoms with van der Waals surface area (Å²) in [5.41, 5.74) is 2.16. The van der Waals surface area contributed by atoms with Crippen LogP contribution in [0.4, 0.5) is 5.69 Å².